The lowest BCUT2D eigenvalue weighted by Crippen LogP contribution is -2.12. The van der Waals surface area contributed by atoms with E-state index in [9.17, 15) is 18.8 Å². The summed E-state index contributed by atoms with van der Waals surface area (Å²) in [6.45, 7) is 8.89. The lowest BCUT2D eigenvalue weighted by molar-refractivity contribution is -0.141. The molecule has 0 saturated heterocycles. The molecular weight excluding hydrogens is 571 g/mol. The van der Waals surface area contributed by atoms with E-state index < -0.39 is 17.8 Å². The molecule has 9 heteroatoms. The van der Waals surface area contributed by atoms with Gasteiger partial charge in [0.05, 0.1) is 13.2 Å². The van der Waals surface area contributed by atoms with Crippen LogP contribution in [0.1, 0.15) is 30.1 Å². The van der Waals surface area contributed by atoms with E-state index >= 15 is 0 Å². The Morgan fingerprint density at radius 1 is 0.698 bits per heavy atom. The first kappa shape index (κ1) is 31.3. The van der Waals surface area contributed by atoms with Crippen LogP contribution in [0.3, 0.4) is 0 Å². The molecule has 0 aliphatic rings. The summed E-state index contributed by atoms with van der Waals surface area (Å²) < 4.78 is 33.7. The molecule has 7 nitrogen and oxygen atoms in total. The largest absolute Gasteiger partial charge is 0.494 e. The number of rotatable bonds is 14. The zero-order chi connectivity index (χ0) is 30.8. The molecule has 0 bridgehead atoms. The Morgan fingerprint density at radius 2 is 1.30 bits per heavy atom. The third-order valence-electron chi connectivity index (χ3n) is 6.27. The highest BCUT2D eigenvalue weighted by Gasteiger charge is 2.12. The number of benzene rings is 4. The molecule has 0 aliphatic heterocycles. The summed E-state index contributed by atoms with van der Waals surface area (Å²) in [7, 11) is 0. The number of unbranched alkanes of at least 4 members (excludes halogenated alkanes) is 1. The van der Waals surface area contributed by atoms with Crippen LogP contribution in [0.5, 0.6) is 11.5 Å². The molecule has 0 unspecified atom stereocenters. The van der Waals surface area contributed by atoms with Crippen molar-refractivity contribution in [1.82, 2.24) is 0 Å². The van der Waals surface area contributed by atoms with Crippen LogP contribution in [0.15, 0.2) is 102 Å². The maximum absolute atomic E-state index is 13.0. The fourth-order valence-corrected chi connectivity index (χ4v) is 4.82. The topological polar surface area (TPSA) is 88.1 Å². The van der Waals surface area contributed by atoms with Crippen LogP contribution >= 0.6 is 11.8 Å². The van der Waals surface area contributed by atoms with Crippen molar-refractivity contribution < 1.29 is 37.7 Å². The van der Waals surface area contributed by atoms with Gasteiger partial charge in [0.25, 0.3) is 0 Å². The van der Waals surface area contributed by atoms with Crippen LogP contribution < -0.4 is 9.47 Å². The summed E-state index contributed by atoms with van der Waals surface area (Å²) in [5.74, 6) is -1.26. The molecule has 0 spiro atoms. The van der Waals surface area contributed by atoms with Gasteiger partial charge in [0.2, 0.25) is 10.9 Å². The van der Waals surface area contributed by atoms with E-state index in [1.807, 2.05) is 60.7 Å². The van der Waals surface area contributed by atoms with E-state index in [1.54, 1.807) is 19.1 Å². The van der Waals surface area contributed by atoms with Gasteiger partial charge in [-0.25, -0.2) is 9.59 Å². The van der Waals surface area contributed by atoms with Gasteiger partial charge in [0.15, 0.2) is 0 Å². The SMILES string of the molecule is C=C(C)C(=O)OCCOc1ccc(SC(=O)c2ccc3c(ccc4cc(OCCCCOC(=O)C(=C)F)ccc43)c2)cc1. The molecule has 0 radical (unpaired) electrons. The molecule has 0 N–H and O–H groups in total. The molecule has 0 amide bonds. The third-order valence-corrected chi connectivity index (χ3v) is 7.20. The summed E-state index contributed by atoms with van der Waals surface area (Å²) >= 11 is 1.13. The minimum Gasteiger partial charge on any atom is -0.494 e. The van der Waals surface area contributed by atoms with E-state index in [1.165, 1.54) is 0 Å². The number of hydrogen-bond acceptors (Lipinski definition) is 8. The molecule has 222 valence electrons. The number of esters is 2. The average Bonchev–Trinajstić information content (AvgIpc) is 3.00. The van der Waals surface area contributed by atoms with E-state index in [0.29, 0.717) is 42.1 Å². The molecule has 0 aromatic heterocycles. The van der Waals surface area contributed by atoms with E-state index in [2.05, 4.69) is 13.2 Å². The second-order valence-corrected chi connectivity index (χ2v) is 10.7. The van der Waals surface area contributed by atoms with Crippen molar-refractivity contribution in [1.29, 1.82) is 0 Å². The van der Waals surface area contributed by atoms with Gasteiger partial charge in [-0.15, -0.1) is 0 Å². The van der Waals surface area contributed by atoms with Gasteiger partial charge >= 0.3 is 11.9 Å². The van der Waals surface area contributed by atoms with Gasteiger partial charge in [0.1, 0.15) is 24.7 Å². The zero-order valence-corrected chi connectivity index (χ0v) is 24.5. The predicted octanol–water partition coefficient (Wildman–Crippen LogP) is 7.61. The van der Waals surface area contributed by atoms with Crippen LogP contribution in [0.2, 0.25) is 0 Å². The standard InChI is InChI=1S/C34H31FO7S/c1-22(2)32(36)42-19-18-40-27-9-12-29(13-10-27)43-34(38)26-8-14-30-24(20-26)6-7-25-21-28(11-15-31(25)30)39-16-4-5-17-41-33(37)23(3)35/h6-15,20-21H,1,3-5,16-19H2,2H3. The Kier molecular flexibility index (Phi) is 10.9. The number of ether oxygens (including phenoxy) is 4. The first-order valence-electron chi connectivity index (χ1n) is 13.6. The normalized spacial score (nSPS) is 10.7. The van der Waals surface area contributed by atoms with Crippen molar-refractivity contribution in [2.45, 2.75) is 24.7 Å². The highest BCUT2D eigenvalue weighted by Crippen LogP contribution is 2.31. The number of hydrogen-bond donors (Lipinski definition) is 0. The minimum absolute atomic E-state index is 0.0736. The average molecular weight is 603 g/mol. The zero-order valence-electron chi connectivity index (χ0n) is 23.7. The van der Waals surface area contributed by atoms with Crippen molar-refractivity contribution in [2.24, 2.45) is 0 Å². The first-order valence-corrected chi connectivity index (χ1v) is 14.4. The lowest BCUT2D eigenvalue weighted by Gasteiger charge is -2.10. The Labute approximate surface area is 253 Å². The summed E-state index contributed by atoms with van der Waals surface area (Å²) in [4.78, 5) is 36.3. The van der Waals surface area contributed by atoms with E-state index in [0.717, 1.165) is 38.2 Å². The van der Waals surface area contributed by atoms with Gasteiger partial charge in [0, 0.05) is 16.0 Å². The Hall–Kier alpha value is -4.63. The third kappa shape index (κ3) is 8.93. The minimum atomic E-state index is -1.10. The molecule has 0 atom stereocenters. The van der Waals surface area contributed by atoms with Gasteiger partial charge in [-0.05, 0) is 102 Å². The maximum Gasteiger partial charge on any atom is 0.366 e. The van der Waals surface area contributed by atoms with Gasteiger partial charge in [-0.2, -0.15) is 4.39 Å². The van der Waals surface area contributed by atoms with Crippen LogP contribution in [0.4, 0.5) is 4.39 Å². The Balaban J connectivity index is 1.30. The molecule has 4 aromatic rings. The summed E-state index contributed by atoms with van der Waals surface area (Å²) in [6.07, 6.45) is 1.19. The van der Waals surface area contributed by atoms with Gasteiger partial charge in [-0.1, -0.05) is 37.4 Å². The van der Waals surface area contributed by atoms with Gasteiger partial charge in [-0.3, -0.25) is 4.79 Å². The first-order chi connectivity index (χ1) is 20.7. The van der Waals surface area contributed by atoms with Crippen LogP contribution in [-0.2, 0) is 19.1 Å². The van der Waals surface area contributed by atoms with Crippen molar-refractivity contribution >= 4 is 50.4 Å². The second kappa shape index (κ2) is 15.0. The number of thioether (sulfide) groups is 1. The highest BCUT2D eigenvalue weighted by atomic mass is 32.2. The van der Waals surface area contributed by atoms with Crippen molar-refractivity contribution in [2.75, 3.05) is 26.4 Å². The molecule has 0 aliphatic carbocycles. The maximum atomic E-state index is 13.0. The van der Waals surface area contributed by atoms with Crippen LogP contribution in [0, 0.1) is 0 Å². The number of carbonyl (C=O) groups is 3. The molecule has 43 heavy (non-hydrogen) atoms. The number of halogens is 1. The monoisotopic (exact) mass is 602 g/mol. The summed E-state index contributed by atoms with van der Waals surface area (Å²) in [6, 6.07) is 22.7. The van der Waals surface area contributed by atoms with Crippen molar-refractivity contribution in [3.05, 3.63) is 103 Å². The van der Waals surface area contributed by atoms with E-state index in [-0.39, 0.29) is 24.9 Å². The van der Waals surface area contributed by atoms with Gasteiger partial charge < -0.3 is 18.9 Å². The molecule has 4 rings (SSSR count). The smallest absolute Gasteiger partial charge is 0.366 e. The Morgan fingerprint density at radius 3 is 2.00 bits per heavy atom. The number of fused-ring (bicyclic) bond motifs is 3. The fraction of sp³-hybridized carbons (Fsp3) is 0.206. The van der Waals surface area contributed by atoms with Crippen LogP contribution in [-0.4, -0.2) is 43.5 Å². The Bertz CT molecular complexity index is 1660. The van der Waals surface area contributed by atoms with Crippen LogP contribution in [0.25, 0.3) is 21.5 Å². The highest BCUT2D eigenvalue weighted by molar-refractivity contribution is 8.14. The van der Waals surface area contributed by atoms with Crippen molar-refractivity contribution in [3.63, 3.8) is 0 Å². The molecular formula is C34H31FO7S. The predicted molar refractivity (Wildman–Crippen MR) is 165 cm³/mol. The lowest BCUT2D eigenvalue weighted by atomic mass is 10.0. The quantitative estimate of drug-likeness (QED) is 0.0479. The van der Waals surface area contributed by atoms with E-state index in [4.69, 9.17) is 18.9 Å². The van der Waals surface area contributed by atoms with Crippen molar-refractivity contribution in [3.8, 4) is 11.5 Å². The molecule has 0 heterocycles. The molecule has 4 aromatic carbocycles. The fourth-order valence-electron chi connectivity index (χ4n) is 4.09. The summed E-state index contributed by atoms with van der Waals surface area (Å²) in [5.41, 5.74) is 0.932. The second-order valence-electron chi connectivity index (χ2n) is 9.61. The molecule has 0 fully saturated rings. The molecule has 0 saturated carbocycles. The summed E-state index contributed by atoms with van der Waals surface area (Å²) in [5, 5.41) is 3.95. The number of carbonyl (C=O) groups excluding carboxylic acids is 3.